The van der Waals surface area contributed by atoms with Crippen LogP contribution in [-0.4, -0.2) is 6.54 Å². The van der Waals surface area contributed by atoms with Crippen LogP contribution in [0.15, 0.2) is 18.2 Å². The standard InChI is InChI=1S/C15H19ClN2/c16-14-6-7-15(13(10-14)11-17)18-9-8-12-4-2-1-3-5-12/h6-7,10,12,18H,1-5,8-9H2. The first-order valence-corrected chi connectivity index (χ1v) is 7.11. The summed E-state index contributed by atoms with van der Waals surface area (Å²) in [7, 11) is 0. The highest BCUT2D eigenvalue weighted by Gasteiger charge is 2.12. The summed E-state index contributed by atoms with van der Waals surface area (Å²) in [4.78, 5) is 0. The van der Waals surface area contributed by atoms with Gasteiger partial charge in [0.05, 0.1) is 11.3 Å². The Balaban J connectivity index is 1.84. The molecule has 1 fully saturated rings. The van der Waals surface area contributed by atoms with E-state index in [0.29, 0.717) is 10.6 Å². The first-order valence-electron chi connectivity index (χ1n) is 6.73. The van der Waals surface area contributed by atoms with E-state index in [1.807, 2.05) is 12.1 Å². The summed E-state index contributed by atoms with van der Waals surface area (Å²) in [5.74, 6) is 0.865. The highest BCUT2D eigenvalue weighted by atomic mass is 35.5. The largest absolute Gasteiger partial charge is 0.384 e. The fraction of sp³-hybridized carbons (Fsp3) is 0.533. The highest BCUT2D eigenvalue weighted by Crippen LogP contribution is 2.26. The van der Waals surface area contributed by atoms with E-state index in [2.05, 4.69) is 11.4 Å². The van der Waals surface area contributed by atoms with Crippen molar-refractivity contribution in [2.45, 2.75) is 38.5 Å². The molecule has 0 heterocycles. The maximum Gasteiger partial charge on any atom is 0.101 e. The van der Waals surface area contributed by atoms with Gasteiger partial charge in [-0.3, -0.25) is 0 Å². The third-order valence-corrected chi connectivity index (χ3v) is 3.93. The monoisotopic (exact) mass is 262 g/mol. The molecule has 0 aliphatic heterocycles. The van der Waals surface area contributed by atoms with Gasteiger partial charge in [-0.1, -0.05) is 43.7 Å². The number of anilines is 1. The molecule has 1 N–H and O–H groups in total. The van der Waals surface area contributed by atoms with Crippen molar-refractivity contribution in [2.75, 3.05) is 11.9 Å². The molecule has 1 saturated carbocycles. The molecule has 0 radical (unpaired) electrons. The zero-order valence-electron chi connectivity index (χ0n) is 10.6. The Kier molecular flexibility index (Phi) is 4.90. The van der Waals surface area contributed by atoms with E-state index in [1.165, 1.54) is 38.5 Å². The van der Waals surface area contributed by atoms with Crippen LogP contribution in [-0.2, 0) is 0 Å². The van der Waals surface area contributed by atoms with Crippen molar-refractivity contribution < 1.29 is 0 Å². The Hall–Kier alpha value is -1.20. The molecule has 1 aliphatic rings. The summed E-state index contributed by atoms with van der Waals surface area (Å²) in [6.45, 7) is 0.945. The van der Waals surface area contributed by atoms with Crippen LogP contribution >= 0.6 is 11.6 Å². The van der Waals surface area contributed by atoms with Crippen LogP contribution in [0.25, 0.3) is 0 Å². The second kappa shape index (κ2) is 6.66. The molecule has 18 heavy (non-hydrogen) atoms. The molecule has 1 aromatic carbocycles. The van der Waals surface area contributed by atoms with Crippen LogP contribution < -0.4 is 5.32 Å². The normalized spacial score (nSPS) is 16.2. The van der Waals surface area contributed by atoms with E-state index >= 15 is 0 Å². The summed E-state index contributed by atoms with van der Waals surface area (Å²) in [6.07, 6.45) is 8.11. The lowest BCUT2D eigenvalue weighted by Gasteiger charge is -2.21. The highest BCUT2D eigenvalue weighted by molar-refractivity contribution is 6.30. The third kappa shape index (κ3) is 3.65. The Morgan fingerprint density at radius 1 is 1.28 bits per heavy atom. The number of nitrogens with one attached hydrogen (secondary N) is 1. The molecule has 3 heteroatoms. The molecular formula is C15H19ClN2. The van der Waals surface area contributed by atoms with Crippen molar-refractivity contribution in [1.29, 1.82) is 5.26 Å². The lowest BCUT2D eigenvalue weighted by molar-refractivity contribution is 0.345. The van der Waals surface area contributed by atoms with Crippen molar-refractivity contribution in [1.82, 2.24) is 0 Å². The summed E-state index contributed by atoms with van der Waals surface area (Å²) in [6, 6.07) is 7.61. The van der Waals surface area contributed by atoms with Gasteiger partial charge < -0.3 is 5.32 Å². The van der Waals surface area contributed by atoms with Gasteiger partial charge in [0.2, 0.25) is 0 Å². The molecule has 0 saturated heterocycles. The van der Waals surface area contributed by atoms with E-state index < -0.39 is 0 Å². The maximum atomic E-state index is 9.04. The van der Waals surface area contributed by atoms with Gasteiger partial charge in [0, 0.05) is 11.6 Å². The van der Waals surface area contributed by atoms with E-state index in [0.717, 1.165) is 18.2 Å². The van der Waals surface area contributed by atoms with E-state index in [9.17, 15) is 0 Å². The Labute approximate surface area is 114 Å². The minimum Gasteiger partial charge on any atom is -0.384 e. The van der Waals surface area contributed by atoms with Gasteiger partial charge >= 0.3 is 0 Å². The van der Waals surface area contributed by atoms with E-state index in [4.69, 9.17) is 16.9 Å². The van der Waals surface area contributed by atoms with Crippen molar-refractivity contribution in [3.63, 3.8) is 0 Å². The molecule has 2 rings (SSSR count). The Morgan fingerprint density at radius 2 is 2.06 bits per heavy atom. The Morgan fingerprint density at radius 3 is 2.78 bits per heavy atom. The van der Waals surface area contributed by atoms with Gasteiger partial charge in [-0.15, -0.1) is 0 Å². The van der Waals surface area contributed by atoms with Crippen LogP contribution in [0.5, 0.6) is 0 Å². The molecule has 0 bridgehead atoms. The fourth-order valence-electron chi connectivity index (χ4n) is 2.65. The first kappa shape index (κ1) is 13.2. The smallest absolute Gasteiger partial charge is 0.101 e. The molecule has 1 aliphatic carbocycles. The summed E-state index contributed by atoms with van der Waals surface area (Å²) < 4.78 is 0. The minimum absolute atomic E-state index is 0.615. The fourth-order valence-corrected chi connectivity index (χ4v) is 2.82. The quantitative estimate of drug-likeness (QED) is 0.861. The van der Waals surface area contributed by atoms with Crippen LogP contribution in [0.2, 0.25) is 5.02 Å². The van der Waals surface area contributed by atoms with E-state index in [1.54, 1.807) is 6.07 Å². The first-order chi connectivity index (χ1) is 8.79. The van der Waals surface area contributed by atoms with Gasteiger partial charge in [0.15, 0.2) is 0 Å². The molecule has 0 atom stereocenters. The molecule has 2 nitrogen and oxygen atoms in total. The molecule has 0 amide bonds. The number of halogens is 1. The molecular weight excluding hydrogens is 244 g/mol. The lowest BCUT2D eigenvalue weighted by Crippen LogP contribution is -2.12. The number of rotatable bonds is 4. The zero-order chi connectivity index (χ0) is 12.8. The summed E-state index contributed by atoms with van der Waals surface area (Å²) in [5, 5.41) is 13.0. The van der Waals surface area contributed by atoms with Gasteiger partial charge in [0.1, 0.15) is 6.07 Å². The van der Waals surface area contributed by atoms with E-state index in [-0.39, 0.29) is 0 Å². The predicted octanol–water partition coefficient (Wildman–Crippen LogP) is 4.59. The van der Waals surface area contributed by atoms with Gasteiger partial charge in [-0.05, 0) is 30.5 Å². The van der Waals surface area contributed by atoms with Crippen LogP contribution in [0.4, 0.5) is 5.69 Å². The molecule has 0 spiro atoms. The average molecular weight is 263 g/mol. The lowest BCUT2D eigenvalue weighted by atomic mass is 9.87. The van der Waals surface area contributed by atoms with Crippen LogP contribution in [0.1, 0.15) is 44.1 Å². The van der Waals surface area contributed by atoms with Gasteiger partial charge in [-0.25, -0.2) is 0 Å². The minimum atomic E-state index is 0.615. The molecule has 1 aromatic rings. The number of hydrogen-bond acceptors (Lipinski definition) is 2. The van der Waals surface area contributed by atoms with Crippen LogP contribution in [0.3, 0.4) is 0 Å². The van der Waals surface area contributed by atoms with Gasteiger partial charge in [0.25, 0.3) is 0 Å². The van der Waals surface area contributed by atoms with Crippen molar-refractivity contribution in [3.8, 4) is 6.07 Å². The maximum absolute atomic E-state index is 9.04. The molecule has 0 unspecified atom stereocenters. The zero-order valence-corrected chi connectivity index (χ0v) is 11.3. The number of hydrogen-bond donors (Lipinski definition) is 1. The van der Waals surface area contributed by atoms with Crippen molar-refractivity contribution >= 4 is 17.3 Å². The number of nitrogens with zero attached hydrogens (tertiary/aromatic N) is 1. The van der Waals surface area contributed by atoms with Crippen molar-refractivity contribution in [2.24, 2.45) is 5.92 Å². The summed E-state index contributed by atoms with van der Waals surface area (Å²) in [5.41, 5.74) is 1.53. The number of benzene rings is 1. The SMILES string of the molecule is N#Cc1cc(Cl)ccc1NCCC1CCCCC1. The second-order valence-corrected chi connectivity index (χ2v) is 5.46. The molecule has 96 valence electrons. The Bertz CT molecular complexity index is 431. The van der Waals surface area contributed by atoms with Crippen LogP contribution in [0, 0.1) is 17.2 Å². The average Bonchev–Trinajstić information content (AvgIpc) is 2.41. The predicted molar refractivity (Wildman–Crippen MR) is 75.8 cm³/mol. The summed E-state index contributed by atoms with van der Waals surface area (Å²) >= 11 is 5.87. The molecule has 0 aromatic heterocycles. The van der Waals surface area contributed by atoms with Crippen molar-refractivity contribution in [3.05, 3.63) is 28.8 Å². The third-order valence-electron chi connectivity index (χ3n) is 3.69. The van der Waals surface area contributed by atoms with Gasteiger partial charge in [-0.2, -0.15) is 5.26 Å². The second-order valence-electron chi connectivity index (χ2n) is 5.02. The number of nitriles is 1. The topological polar surface area (TPSA) is 35.8 Å².